The van der Waals surface area contributed by atoms with E-state index in [1.54, 1.807) is 0 Å². The van der Waals surface area contributed by atoms with E-state index in [-0.39, 0.29) is 11.9 Å². The molecule has 0 fully saturated rings. The molecule has 106 valence electrons. The minimum absolute atomic E-state index is 0.0549. The van der Waals surface area contributed by atoms with Crippen LogP contribution in [-0.4, -0.2) is 5.91 Å². The Balaban J connectivity index is 2.03. The van der Waals surface area contributed by atoms with Gasteiger partial charge in [-0.25, -0.2) is 0 Å². The smallest absolute Gasteiger partial charge is 0.220 e. The fourth-order valence-electron chi connectivity index (χ4n) is 2.29. The van der Waals surface area contributed by atoms with Gasteiger partial charge in [-0.2, -0.15) is 0 Å². The van der Waals surface area contributed by atoms with Crippen LogP contribution in [0.3, 0.4) is 0 Å². The van der Waals surface area contributed by atoms with Gasteiger partial charge in [-0.3, -0.25) is 4.79 Å². The molecule has 2 aromatic rings. The van der Waals surface area contributed by atoms with Gasteiger partial charge in [-0.15, -0.1) is 0 Å². The second kappa shape index (κ2) is 6.56. The van der Waals surface area contributed by atoms with E-state index < -0.39 is 0 Å². The predicted molar refractivity (Wildman–Crippen MR) is 84.6 cm³/mol. The van der Waals surface area contributed by atoms with Crippen molar-refractivity contribution < 1.29 is 4.79 Å². The Morgan fingerprint density at radius 1 is 1.05 bits per heavy atom. The number of benzene rings is 2. The minimum atomic E-state index is 0.0549. The fraction of sp³-hybridized carbons (Fsp3) is 0.389. The van der Waals surface area contributed by atoms with E-state index >= 15 is 0 Å². The first-order valence-electron chi connectivity index (χ1n) is 7.34. The molecule has 1 amide bonds. The minimum Gasteiger partial charge on any atom is -0.350 e. The molecule has 2 nitrogen and oxygen atoms in total. The monoisotopic (exact) mass is 269 g/mol. The van der Waals surface area contributed by atoms with E-state index in [4.69, 9.17) is 0 Å². The molecular weight excluding hydrogens is 246 g/mol. The molecule has 2 heteroatoms. The van der Waals surface area contributed by atoms with E-state index in [0.29, 0.717) is 12.3 Å². The molecule has 0 spiro atoms. The maximum Gasteiger partial charge on any atom is 0.220 e. The number of fused-ring (bicyclic) bond motifs is 1. The van der Waals surface area contributed by atoms with Crippen molar-refractivity contribution in [1.29, 1.82) is 0 Å². The molecule has 20 heavy (non-hydrogen) atoms. The first-order chi connectivity index (χ1) is 9.56. The van der Waals surface area contributed by atoms with Gasteiger partial charge >= 0.3 is 0 Å². The van der Waals surface area contributed by atoms with E-state index in [9.17, 15) is 4.79 Å². The summed E-state index contributed by atoms with van der Waals surface area (Å²) >= 11 is 0. The van der Waals surface area contributed by atoms with Gasteiger partial charge in [0.15, 0.2) is 0 Å². The van der Waals surface area contributed by atoms with Crippen molar-refractivity contribution in [2.45, 2.75) is 39.7 Å². The number of hydrogen-bond donors (Lipinski definition) is 1. The number of nitrogens with one attached hydrogen (secondary N) is 1. The molecule has 2 rings (SSSR count). The lowest BCUT2D eigenvalue weighted by molar-refractivity contribution is -0.122. The third kappa shape index (κ3) is 3.83. The molecule has 0 aromatic heterocycles. The Morgan fingerprint density at radius 2 is 1.75 bits per heavy atom. The van der Waals surface area contributed by atoms with Crippen molar-refractivity contribution in [3.63, 3.8) is 0 Å². The van der Waals surface area contributed by atoms with E-state index in [0.717, 1.165) is 12.0 Å². The first-order valence-corrected chi connectivity index (χ1v) is 7.34. The Morgan fingerprint density at radius 3 is 2.45 bits per heavy atom. The topological polar surface area (TPSA) is 29.1 Å². The molecule has 0 aliphatic carbocycles. The lowest BCUT2D eigenvalue weighted by Gasteiger charge is -2.15. The highest BCUT2D eigenvalue weighted by Crippen LogP contribution is 2.20. The van der Waals surface area contributed by atoms with E-state index in [1.165, 1.54) is 10.8 Å². The van der Waals surface area contributed by atoms with Gasteiger partial charge in [0.05, 0.1) is 6.04 Å². The third-order valence-electron chi connectivity index (χ3n) is 3.60. The zero-order valence-corrected chi connectivity index (χ0v) is 12.5. The summed E-state index contributed by atoms with van der Waals surface area (Å²) < 4.78 is 0. The SMILES string of the molecule is CC(C)CCC(=O)NC(C)c1ccc2ccccc2c1. The van der Waals surface area contributed by atoms with Crippen LogP contribution >= 0.6 is 0 Å². The molecule has 1 atom stereocenters. The second-order valence-electron chi connectivity index (χ2n) is 5.83. The van der Waals surface area contributed by atoms with Crippen molar-refractivity contribution in [3.8, 4) is 0 Å². The largest absolute Gasteiger partial charge is 0.350 e. The summed E-state index contributed by atoms with van der Waals surface area (Å²) in [5.74, 6) is 0.705. The van der Waals surface area contributed by atoms with Crippen molar-refractivity contribution in [1.82, 2.24) is 5.32 Å². The van der Waals surface area contributed by atoms with Gasteiger partial charge in [0.1, 0.15) is 0 Å². The molecule has 1 N–H and O–H groups in total. The van der Waals surface area contributed by atoms with Crippen LogP contribution < -0.4 is 5.32 Å². The first kappa shape index (κ1) is 14.6. The second-order valence-corrected chi connectivity index (χ2v) is 5.83. The Labute approximate surface area is 121 Å². The van der Waals surface area contributed by atoms with Crippen LogP contribution in [0.2, 0.25) is 0 Å². The van der Waals surface area contributed by atoms with Crippen molar-refractivity contribution in [3.05, 3.63) is 48.0 Å². The van der Waals surface area contributed by atoms with E-state index in [2.05, 4.69) is 49.5 Å². The molecule has 0 aliphatic heterocycles. The molecular formula is C18H23NO. The van der Waals surface area contributed by atoms with Crippen molar-refractivity contribution in [2.75, 3.05) is 0 Å². The van der Waals surface area contributed by atoms with Crippen LogP contribution in [0, 0.1) is 5.92 Å². The third-order valence-corrected chi connectivity index (χ3v) is 3.60. The fourth-order valence-corrected chi connectivity index (χ4v) is 2.29. The van der Waals surface area contributed by atoms with Crippen LogP contribution in [0.25, 0.3) is 10.8 Å². The summed E-state index contributed by atoms with van der Waals surface area (Å²) in [6.45, 7) is 6.32. The Kier molecular flexibility index (Phi) is 4.78. The number of rotatable bonds is 5. The summed E-state index contributed by atoms with van der Waals surface area (Å²) in [6.07, 6.45) is 1.55. The average molecular weight is 269 g/mol. The number of carbonyl (C=O) groups excluding carboxylic acids is 1. The van der Waals surface area contributed by atoms with Crippen LogP contribution in [0.1, 0.15) is 45.2 Å². The van der Waals surface area contributed by atoms with Gasteiger partial charge in [0, 0.05) is 6.42 Å². The summed E-state index contributed by atoms with van der Waals surface area (Å²) in [6, 6.07) is 14.7. The maximum atomic E-state index is 11.9. The highest BCUT2D eigenvalue weighted by atomic mass is 16.1. The zero-order chi connectivity index (χ0) is 14.5. The predicted octanol–water partition coefficient (Wildman–Crippen LogP) is 4.45. The average Bonchev–Trinajstić information content (AvgIpc) is 2.44. The normalized spacial score (nSPS) is 12.6. The summed E-state index contributed by atoms with van der Waals surface area (Å²) in [5, 5.41) is 5.52. The van der Waals surface area contributed by atoms with Crippen LogP contribution in [0.5, 0.6) is 0 Å². The van der Waals surface area contributed by atoms with Gasteiger partial charge in [-0.05, 0) is 41.7 Å². The number of carbonyl (C=O) groups is 1. The maximum absolute atomic E-state index is 11.9. The van der Waals surface area contributed by atoms with Crippen LogP contribution in [0.4, 0.5) is 0 Å². The molecule has 0 aliphatic rings. The quantitative estimate of drug-likeness (QED) is 0.853. The zero-order valence-electron chi connectivity index (χ0n) is 12.5. The molecule has 0 bridgehead atoms. The standard InChI is InChI=1S/C18H23NO/c1-13(2)8-11-18(20)19-14(3)16-10-9-15-6-4-5-7-17(15)12-16/h4-7,9-10,12-14H,8,11H2,1-3H3,(H,19,20). The number of amides is 1. The van der Waals surface area contributed by atoms with Gasteiger partial charge in [0.25, 0.3) is 0 Å². The summed E-state index contributed by atoms with van der Waals surface area (Å²) in [5.41, 5.74) is 1.15. The molecule has 2 aromatic carbocycles. The van der Waals surface area contributed by atoms with Gasteiger partial charge in [0.2, 0.25) is 5.91 Å². The van der Waals surface area contributed by atoms with Crippen LogP contribution in [-0.2, 0) is 4.79 Å². The molecule has 0 radical (unpaired) electrons. The van der Waals surface area contributed by atoms with Gasteiger partial charge in [-0.1, -0.05) is 50.2 Å². The molecule has 1 unspecified atom stereocenters. The Bertz CT molecular complexity index is 589. The molecule has 0 saturated heterocycles. The van der Waals surface area contributed by atoms with Crippen LogP contribution in [0.15, 0.2) is 42.5 Å². The highest BCUT2D eigenvalue weighted by Gasteiger charge is 2.10. The van der Waals surface area contributed by atoms with Gasteiger partial charge < -0.3 is 5.32 Å². The summed E-state index contributed by atoms with van der Waals surface area (Å²) in [4.78, 5) is 11.9. The highest BCUT2D eigenvalue weighted by molar-refractivity contribution is 5.83. The van der Waals surface area contributed by atoms with E-state index in [1.807, 2.05) is 19.1 Å². The lowest BCUT2D eigenvalue weighted by Crippen LogP contribution is -2.26. The number of hydrogen-bond acceptors (Lipinski definition) is 1. The summed E-state index contributed by atoms with van der Waals surface area (Å²) in [7, 11) is 0. The Hall–Kier alpha value is -1.83. The molecule has 0 saturated carbocycles. The molecule has 0 heterocycles. The van der Waals surface area contributed by atoms with Crippen molar-refractivity contribution in [2.24, 2.45) is 5.92 Å². The van der Waals surface area contributed by atoms with Crippen molar-refractivity contribution >= 4 is 16.7 Å². The lowest BCUT2D eigenvalue weighted by atomic mass is 10.0.